The summed E-state index contributed by atoms with van der Waals surface area (Å²) >= 11 is 0. The molecule has 0 saturated carbocycles. The molecule has 3 nitrogen and oxygen atoms in total. The average Bonchev–Trinajstić information content (AvgIpc) is 2.99. The molecule has 3 heteroatoms. The van der Waals surface area contributed by atoms with E-state index < -0.39 is 0 Å². The summed E-state index contributed by atoms with van der Waals surface area (Å²) in [6.45, 7) is 9.54. The van der Waals surface area contributed by atoms with E-state index in [9.17, 15) is 0 Å². The molecule has 1 aromatic heterocycles. The Kier molecular flexibility index (Phi) is 6.79. The normalized spacial score (nSPS) is 11.7. The van der Waals surface area contributed by atoms with Gasteiger partial charge in [0.25, 0.3) is 0 Å². The maximum absolute atomic E-state index is 6.57. The fraction of sp³-hybridized carbons (Fsp3) is 0.423. The molecule has 3 rings (SSSR count). The van der Waals surface area contributed by atoms with Crippen LogP contribution in [-0.2, 0) is 18.4 Å². The van der Waals surface area contributed by atoms with Gasteiger partial charge in [-0.05, 0) is 36.5 Å². The Morgan fingerprint density at radius 2 is 1.62 bits per heavy atom. The highest BCUT2D eigenvalue weighted by atomic mass is 15.3. The van der Waals surface area contributed by atoms with E-state index in [1.165, 1.54) is 36.8 Å². The smallest absolute Gasteiger partial charge is 0.129 e. The molecule has 0 fully saturated rings. The van der Waals surface area contributed by atoms with Gasteiger partial charge in [-0.15, -0.1) is 0 Å². The molecule has 2 aromatic carbocycles. The molecule has 0 aliphatic carbocycles. The van der Waals surface area contributed by atoms with Crippen LogP contribution in [0, 0.1) is 6.92 Å². The maximum Gasteiger partial charge on any atom is 0.129 e. The minimum Gasteiger partial charge on any atom is -0.383 e. The van der Waals surface area contributed by atoms with Gasteiger partial charge in [0.15, 0.2) is 0 Å². The Morgan fingerprint density at radius 1 is 0.931 bits per heavy atom. The monoisotopic (exact) mass is 389 g/mol. The highest BCUT2D eigenvalue weighted by Gasteiger charge is 2.24. The van der Waals surface area contributed by atoms with Crippen LogP contribution in [-0.4, -0.2) is 9.78 Å². The number of rotatable bonds is 9. The predicted molar refractivity (Wildman–Crippen MR) is 124 cm³/mol. The molecule has 0 radical (unpaired) electrons. The van der Waals surface area contributed by atoms with Crippen molar-refractivity contribution >= 4 is 5.82 Å². The summed E-state index contributed by atoms with van der Waals surface area (Å²) in [7, 11) is 0. The van der Waals surface area contributed by atoms with Crippen LogP contribution in [0.4, 0.5) is 5.82 Å². The first-order chi connectivity index (χ1) is 13.9. The summed E-state index contributed by atoms with van der Waals surface area (Å²) in [6.07, 6.45) is 6.34. The zero-order valence-electron chi connectivity index (χ0n) is 18.4. The van der Waals surface area contributed by atoms with Crippen LogP contribution in [0.5, 0.6) is 0 Å². The number of hydrogen-bond acceptors (Lipinski definition) is 2. The summed E-state index contributed by atoms with van der Waals surface area (Å²) < 4.78 is 1.97. The molecule has 0 aliphatic heterocycles. The van der Waals surface area contributed by atoms with Crippen LogP contribution in [0.15, 0.2) is 54.6 Å². The minimum absolute atomic E-state index is 0.0482. The quantitative estimate of drug-likeness (QED) is 0.422. The number of nitrogens with zero attached hydrogens (tertiary/aromatic N) is 2. The molecule has 3 aromatic rings. The topological polar surface area (TPSA) is 43.8 Å². The third-order valence-corrected chi connectivity index (χ3v) is 5.83. The molecule has 0 aliphatic rings. The minimum atomic E-state index is -0.0482. The van der Waals surface area contributed by atoms with Gasteiger partial charge in [0.05, 0.1) is 12.2 Å². The van der Waals surface area contributed by atoms with Gasteiger partial charge in [0, 0.05) is 11.0 Å². The Morgan fingerprint density at radius 3 is 2.28 bits per heavy atom. The number of nitrogens with two attached hydrogens (primary N) is 1. The van der Waals surface area contributed by atoms with Gasteiger partial charge < -0.3 is 5.73 Å². The number of benzene rings is 2. The highest BCUT2D eigenvalue weighted by molar-refractivity contribution is 5.76. The summed E-state index contributed by atoms with van der Waals surface area (Å²) in [6, 6.07) is 19.5. The van der Waals surface area contributed by atoms with Crippen LogP contribution in [0.3, 0.4) is 0 Å². The van der Waals surface area contributed by atoms with Gasteiger partial charge in [-0.3, -0.25) is 0 Å². The van der Waals surface area contributed by atoms with Crippen molar-refractivity contribution in [1.82, 2.24) is 9.78 Å². The average molecular weight is 390 g/mol. The van der Waals surface area contributed by atoms with Gasteiger partial charge >= 0.3 is 0 Å². The van der Waals surface area contributed by atoms with Crippen molar-refractivity contribution in [3.05, 3.63) is 71.4 Å². The van der Waals surface area contributed by atoms with Gasteiger partial charge in [0.1, 0.15) is 5.82 Å². The van der Waals surface area contributed by atoms with Gasteiger partial charge in [-0.1, -0.05) is 94.6 Å². The molecule has 0 saturated heterocycles. The number of hydrogen-bond donors (Lipinski definition) is 1. The Labute approximate surface area is 176 Å². The lowest BCUT2D eigenvalue weighted by molar-refractivity contribution is 0.411. The van der Waals surface area contributed by atoms with Crippen molar-refractivity contribution in [3.63, 3.8) is 0 Å². The van der Waals surface area contributed by atoms with Crippen LogP contribution in [0.1, 0.15) is 63.3 Å². The van der Waals surface area contributed by atoms with E-state index in [-0.39, 0.29) is 5.41 Å². The number of aryl methyl sites for hydroxylation is 2. The number of unbranched alkanes of at least 4 members (excludes halogenated alkanes) is 3. The largest absolute Gasteiger partial charge is 0.383 e. The van der Waals surface area contributed by atoms with E-state index in [4.69, 9.17) is 10.8 Å². The molecule has 0 unspecified atom stereocenters. The number of aromatic nitrogens is 2. The van der Waals surface area contributed by atoms with Crippen molar-refractivity contribution in [2.45, 2.75) is 71.8 Å². The summed E-state index contributed by atoms with van der Waals surface area (Å²) in [5.41, 5.74) is 12.4. The third-order valence-electron chi connectivity index (χ3n) is 5.83. The Hall–Kier alpha value is -2.55. The Bertz CT molecular complexity index is 905. The molecule has 0 bridgehead atoms. The first-order valence-corrected chi connectivity index (χ1v) is 10.9. The van der Waals surface area contributed by atoms with Crippen molar-refractivity contribution < 1.29 is 0 Å². The second-order valence-electron chi connectivity index (χ2n) is 8.76. The standard InChI is InChI=1S/C26H35N3/c1-5-6-7-9-12-21-15-17-22(18-16-21)24-20(2)28-29(25(24)27)19-26(3,4)23-13-10-8-11-14-23/h8,10-11,13-18H,5-7,9,12,19,27H2,1-4H3. The molecule has 1 heterocycles. The zero-order valence-corrected chi connectivity index (χ0v) is 18.4. The van der Waals surface area contributed by atoms with Crippen molar-refractivity contribution in [2.75, 3.05) is 5.73 Å². The molecule has 2 N–H and O–H groups in total. The fourth-order valence-electron chi connectivity index (χ4n) is 4.03. The lowest BCUT2D eigenvalue weighted by atomic mass is 9.84. The van der Waals surface area contributed by atoms with E-state index in [0.717, 1.165) is 35.6 Å². The molecule has 0 spiro atoms. The van der Waals surface area contributed by atoms with E-state index in [1.807, 2.05) is 4.68 Å². The van der Waals surface area contributed by atoms with E-state index in [1.54, 1.807) is 0 Å². The highest BCUT2D eigenvalue weighted by Crippen LogP contribution is 2.33. The van der Waals surface area contributed by atoms with E-state index in [0.29, 0.717) is 0 Å². The fourth-order valence-corrected chi connectivity index (χ4v) is 4.03. The van der Waals surface area contributed by atoms with Crippen LogP contribution < -0.4 is 5.73 Å². The SMILES string of the molecule is CCCCCCc1ccc(-c2c(C)nn(CC(C)(C)c3ccccc3)c2N)cc1. The summed E-state index contributed by atoms with van der Waals surface area (Å²) in [5.74, 6) is 0.752. The van der Waals surface area contributed by atoms with Crippen LogP contribution in [0.25, 0.3) is 11.1 Å². The molecular formula is C26H35N3. The molecule has 29 heavy (non-hydrogen) atoms. The second kappa shape index (κ2) is 9.30. The van der Waals surface area contributed by atoms with Crippen LogP contribution in [0.2, 0.25) is 0 Å². The lowest BCUT2D eigenvalue weighted by Crippen LogP contribution is -2.26. The third kappa shape index (κ3) is 5.09. The van der Waals surface area contributed by atoms with E-state index in [2.05, 4.69) is 82.3 Å². The van der Waals surface area contributed by atoms with Crippen molar-refractivity contribution in [3.8, 4) is 11.1 Å². The van der Waals surface area contributed by atoms with Crippen molar-refractivity contribution in [2.24, 2.45) is 0 Å². The summed E-state index contributed by atoms with van der Waals surface area (Å²) in [5, 5.41) is 4.78. The molecule has 154 valence electrons. The first-order valence-electron chi connectivity index (χ1n) is 10.9. The molecule has 0 amide bonds. The van der Waals surface area contributed by atoms with Gasteiger partial charge in [-0.2, -0.15) is 5.10 Å². The van der Waals surface area contributed by atoms with Gasteiger partial charge in [-0.25, -0.2) is 4.68 Å². The lowest BCUT2D eigenvalue weighted by Gasteiger charge is -2.25. The Balaban J connectivity index is 1.77. The molecule has 0 atom stereocenters. The van der Waals surface area contributed by atoms with Gasteiger partial charge in [0.2, 0.25) is 0 Å². The first kappa shape index (κ1) is 21.2. The van der Waals surface area contributed by atoms with E-state index >= 15 is 0 Å². The van der Waals surface area contributed by atoms with Crippen LogP contribution >= 0.6 is 0 Å². The second-order valence-corrected chi connectivity index (χ2v) is 8.76. The summed E-state index contributed by atoms with van der Waals surface area (Å²) in [4.78, 5) is 0. The zero-order chi connectivity index (χ0) is 20.9. The maximum atomic E-state index is 6.57. The number of nitrogen functional groups attached to an aromatic ring is 1. The van der Waals surface area contributed by atoms with Crippen molar-refractivity contribution in [1.29, 1.82) is 0 Å². The molecular weight excluding hydrogens is 354 g/mol. The predicted octanol–water partition coefficient (Wildman–Crippen LogP) is 6.54. The number of anilines is 1.